The van der Waals surface area contributed by atoms with E-state index in [2.05, 4.69) is 5.32 Å². The van der Waals surface area contributed by atoms with E-state index in [1.54, 1.807) is 36.4 Å². The highest BCUT2D eigenvalue weighted by atomic mass is 35.5. The number of carbonyl (C=O) groups excluding carboxylic acids is 3. The molecule has 1 N–H and O–H groups in total. The van der Waals surface area contributed by atoms with Gasteiger partial charge in [0.25, 0.3) is 11.1 Å². The van der Waals surface area contributed by atoms with Crippen molar-refractivity contribution in [2.75, 3.05) is 26.1 Å². The Morgan fingerprint density at radius 3 is 2.47 bits per heavy atom. The predicted molar refractivity (Wildman–Crippen MR) is 133 cm³/mol. The van der Waals surface area contributed by atoms with Crippen LogP contribution in [0.5, 0.6) is 17.2 Å². The van der Waals surface area contributed by atoms with Crippen LogP contribution in [0, 0.1) is 0 Å². The molecule has 1 aliphatic heterocycles. The molecule has 10 heteroatoms. The van der Waals surface area contributed by atoms with Crippen LogP contribution in [-0.4, -0.2) is 48.8 Å². The molecule has 0 aromatic heterocycles. The van der Waals surface area contributed by atoms with Crippen LogP contribution in [0.4, 0.5) is 10.5 Å². The Kier molecular flexibility index (Phi) is 8.46. The number of hydrogen-bond donors (Lipinski definition) is 1. The van der Waals surface area contributed by atoms with Crippen molar-refractivity contribution in [1.29, 1.82) is 0 Å². The maximum Gasteiger partial charge on any atom is 0.294 e. The fraction of sp³-hybridized carbons (Fsp3) is 0.292. The number of anilines is 1. The van der Waals surface area contributed by atoms with Crippen LogP contribution in [0.25, 0.3) is 6.08 Å². The molecule has 180 valence electrons. The van der Waals surface area contributed by atoms with Crippen molar-refractivity contribution in [3.63, 3.8) is 0 Å². The molecular weight excluding hydrogens is 480 g/mol. The topological polar surface area (TPSA) is 94.2 Å². The minimum absolute atomic E-state index is 0.0244. The molecule has 1 heterocycles. The van der Waals surface area contributed by atoms with Gasteiger partial charge in [-0.25, -0.2) is 0 Å². The van der Waals surface area contributed by atoms with Gasteiger partial charge in [0.05, 0.1) is 30.3 Å². The Labute approximate surface area is 207 Å². The molecular formula is C24H25ClN2O6S. The molecule has 3 amide bonds. The van der Waals surface area contributed by atoms with Crippen molar-refractivity contribution in [3.05, 3.63) is 51.9 Å². The Hall–Kier alpha value is -3.17. The van der Waals surface area contributed by atoms with Gasteiger partial charge in [-0.15, -0.1) is 0 Å². The van der Waals surface area contributed by atoms with Gasteiger partial charge in [0.15, 0.2) is 11.5 Å². The summed E-state index contributed by atoms with van der Waals surface area (Å²) in [6.07, 6.45) is 2.45. The van der Waals surface area contributed by atoms with Gasteiger partial charge >= 0.3 is 0 Å². The van der Waals surface area contributed by atoms with Crippen LogP contribution in [0.15, 0.2) is 41.3 Å². The fourth-order valence-electron chi connectivity index (χ4n) is 3.05. The van der Waals surface area contributed by atoms with Crippen LogP contribution in [0.3, 0.4) is 0 Å². The molecule has 0 unspecified atom stereocenters. The number of methoxy groups -OCH3 is 2. The lowest BCUT2D eigenvalue weighted by molar-refractivity contribution is -0.127. The molecule has 0 bridgehead atoms. The minimum atomic E-state index is -0.545. The maximum atomic E-state index is 12.8. The second-order valence-electron chi connectivity index (χ2n) is 7.41. The van der Waals surface area contributed by atoms with Crippen molar-refractivity contribution < 1.29 is 28.6 Å². The molecule has 1 fully saturated rings. The fourth-order valence-corrected chi connectivity index (χ4v) is 4.14. The maximum absolute atomic E-state index is 12.8. The standard InChI is InChI=1S/C24H25ClN2O6S/c1-5-14(2)33-19-8-6-15(10-20(19)32-4)11-21-23(29)27(24(30)34-21)13-22(28)26-16-7-9-18(31-3)17(25)12-16/h6-12,14H,5,13H2,1-4H3,(H,26,28)/b21-11-/t14-/m0/s1. The van der Waals surface area contributed by atoms with Crippen molar-refractivity contribution in [1.82, 2.24) is 4.90 Å². The summed E-state index contributed by atoms with van der Waals surface area (Å²) in [7, 11) is 3.02. The number of thioether (sulfide) groups is 1. The first-order chi connectivity index (χ1) is 16.2. The van der Waals surface area contributed by atoms with Gasteiger partial charge in [-0.2, -0.15) is 0 Å². The third-order valence-electron chi connectivity index (χ3n) is 5.00. The van der Waals surface area contributed by atoms with E-state index in [4.69, 9.17) is 25.8 Å². The average molecular weight is 505 g/mol. The van der Waals surface area contributed by atoms with E-state index in [9.17, 15) is 14.4 Å². The number of benzene rings is 2. The number of carbonyl (C=O) groups is 3. The van der Waals surface area contributed by atoms with Crippen LogP contribution in [-0.2, 0) is 9.59 Å². The van der Waals surface area contributed by atoms with Crippen LogP contribution >= 0.6 is 23.4 Å². The monoisotopic (exact) mass is 504 g/mol. The number of rotatable bonds is 9. The van der Waals surface area contributed by atoms with E-state index < -0.39 is 23.6 Å². The van der Waals surface area contributed by atoms with E-state index in [1.165, 1.54) is 20.3 Å². The smallest absolute Gasteiger partial charge is 0.294 e. The van der Waals surface area contributed by atoms with Crippen molar-refractivity contribution >= 4 is 52.2 Å². The number of halogens is 1. The van der Waals surface area contributed by atoms with E-state index in [0.29, 0.717) is 33.5 Å². The Bertz CT molecular complexity index is 1140. The third-order valence-corrected chi connectivity index (χ3v) is 6.20. The van der Waals surface area contributed by atoms with E-state index in [1.807, 2.05) is 13.8 Å². The largest absolute Gasteiger partial charge is 0.495 e. The van der Waals surface area contributed by atoms with Crippen molar-refractivity contribution in [3.8, 4) is 17.2 Å². The van der Waals surface area contributed by atoms with Gasteiger partial charge in [-0.3, -0.25) is 19.3 Å². The third kappa shape index (κ3) is 6.03. The lowest BCUT2D eigenvalue weighted by Gasteiger charge is -2.15. The summed E-state index contributed by atoms with van der Waals surface area (Å²) in [4.78, 5) is 38.7. The quantitative estimate of drug-likeness (QED) is 0.468. The zero-order valence-corrected chi connectivity index (χ0v) is 20.8. The van der Waals surface area contributed by atoms with Crippen LogP contribution in [0.2, 0.25) is 5.02 Å². The molecule has 8 nitrogen and oxygen atoms in total. The summed E-state index contributed by atoms with van der Waals surface area (Å²) < 4.78 is 16.3. The number of imide groups is 1. The summed E-state index contributed by atoms with van der Waals surface area (Å²) in [5, 5.41) is 2.42. The molecule has 0 spiro atoms. The molecule has 34 heavy (non-hydrogen) atoms. The molecule has 3 rings (SSSR count). The number of ether oxygens (including phenoxy) is 3. The van der Waals surface area contributed by atoms with Crippen LogP contribution < -0.4 is 19.5 Å². The predicted octanol–water partition coefficient (Wildman–Crippen LogP) is 5.21. The molecule has 1 aliphatic rings. The Morgan fingerprint density at radius 1 is 1.12 bits per heavy atom. The Morgan fingerprint density at radius 2 is 1.82 bits per heavy atom. The number of nitrogens with one attached hydrogen (secondary N) is 1. The zero-order valence-electron chi connectivity index (χ0n) is 19.2. The van der Waals surface area contributed by atoms with Crippen LogP contribution in [0.1, 0.15) is 25.8 Å². The molecule has 0 aliphatic carbocycles. The first kappa shape index (κ1) is 25.5. The zero-order chi connectivity index (χ0) is 24.8. The molecule has 1 saturated heterocycles. The first-order valence-electron chi connectivity index (χ1n) is 10.5. The van der Waals surface area contributed by atoms with E-state index >= 15 is 0 Å². The summed E-state index contributed by atoms with van der Waals surface area (Å²) in [5.74, 6) is 0.505. The molecule has 0 saturated carbocycles. The number of amides is 3. The normalized spacial score (nSPS) is 15.4. The highest BCUT2D eigenvalue weighted by molar-refractivity contribution is 8.18. The molecule has 2 aromatic carbocycles. The second-order valence-corrected chi connectivity index (χ2v) is 8.81. The van der Waals surface area contributed by atoms with Gasteiger partial charge in [-0.1, -0.05) is 24.6 Å². The highest BCUT2D eigenvalue weighted by Crippen LogP contribution is 2.35. The van der Waals surface area contributed by atoms with E-state index in [-0.39, 0.29) is 11.0 Å². The molecule has 1 atom stereocenters. The minimum Gasteiger partial charge on any atom is -0.495 e. The first-order valence-corrected chi connectivity index (χ1v) is 11.7. The Balaban J connectivity index is 1.70. The molecule has 0 radical (unpaired) electrons. The lowest BCUT2D eigenvalue weighted by atomic mass is 10.1. The summed E-state index contributed by atoms with van der Waals surface area (Å²) in [6.45, 7) is 3.56. The van der Waals surface area contributed by atoms with Gasteiger partial charge in [-0.05, 0) is 67.1 Å². The van der Waals surface area contributed by atoms with Gasteiger partial charge in [0.2, 0.25) is 5.91 Å². The number of nitrogens with zero attached hydrogens (tertiary/aromatic N) is 1. The van der Waals surface area contributed by atoms with Gasteiger partial charge < -0.3 is 19.5 Å². The average Bonchev–Trinajstić information content (AvgIpc) is 3.07. The second kappa shape index (κ2) is 11.3. The van der Waals surface area contributed by atoms with Gasteiger partial charge in [0.1, 0.15) is 12.3 Å². The van der Waals surface area contributed by atoms with Gasteiger partial charge in [0, 0.05) is 5.69 Å². The van der Waals surface area contributed by atoms with Crippen molar-refractivity contribution in [2.24, 2.45) is 0 Å². The SMILES string of the molecule is CC[C@H](C)Oc1ccc(/C=C2\SC(=O)N(CC(=O)Nc3ccc(OC)c(Cl)c3)C2=O)cc1OC. The molecule has 2 aromatic rings. The van der Waals surface area contributed by atoms with Crippen molar-refractivity contribution in [2.45, 2.75) is 26.4 Å². The lowest BCUT2D eigenvalue weighted by Crippen LogP contribution is -2.36. The number of hydrogen-bond acceptors (Lipinski definition) is 7. The highest BCUT2D eigenvalue weighted by Gasteiger charge is 2.36. The summed E-state index contributed by atoms with van der Waals surface area (Å²) in [5.41, 5.74) is 1.08. The summed E-state index contributed by atoms with van der Waals surface area (Å²) >= 11 is 6.84. The summed E-state index contributed by atoms with van der Waals surface area (Å²) in [6, 6.07) is 10.00. The van der Waals surface area contributed by atoms with E-state index in [0.717, 1.165) is 23.1 Å².